The zero-order chi connectivity index (χ0) is 19.9. The molecule has 1 aromatic carbocycles. The van der Waals surface area contributed by atoms with Crippen LogP contribution in [0.2, 0.25) is 5.02 Å². The summed E-state index contributed by atoms with van der Waals surface area (Å²) >= 11 is 7.34. The van der Waals surface area contributed by atoms with Crippen LogP contribution >= 0.6 is 22.9 Å². The van der Waals surface area contributed by atoms with Crippen LogP contribution in [-0.4, -0.2) is 30.0 Å². The normalized spacial score (nSPS) is 10.5. The second-order valence-electron chi connectivity index (χ2n) is 6.35. The molecule has 0 unspecified atom stereocenters. The van der Waals surface area contributed by atoms with Crippen LogP contribution in [-0.2, 0) is 24.4 Å². The first-order chi connectivity index (χ1) is 13.5. The third kappa shape index (κ3) is 5.94. The van der Waals surface area contributed by atoms with E-state index >= 15 is 0 Å². The molecule has 0 bridgehead atoms. The molecule has 0 aliphatic rings. The van der Waals surface area contributed by atoms with E-state index in [9.17, 15) is 4.79 Å². The van der Waals surface area contributed by atoms with Crippen LogP contribution in [0, 0.1) is 0 Å². The Morgan fingerprint density at radius 3 is 2.79 bits per heavy atom. The maximum atomic E-state index is 12.2. The first-order valence-corrected chi connectivity index (χ1v) is 9.96. The Morgan fingerprint density at radius 1 is 1.25 bits per heavy atom. The van der Waals surface area contributed by atoms with Crippen molar-refractivity contribution in [2.45, 2.75) is 19.6 Å². The summed E-state index contributed by atoms with van der Waals surface area (Å²) < 4.78 is 5.68. The number of aromatic nitrogens is 2. The topological polar surface area (TPSA) is 67.4 Å². The van der Waals surface area contributed by atoms with Crippen LogP contribution in [0.5, 0.6) is 5.75 Å². The molecule has 2 heterocycles. The number of ether oxygens (including phenoxy) is 1. The number of rotatable bonds is 8. The van der Waals surface area contributed by atoms with Crippen molar-refractivity contribution in [1.82, 2.24) is 15.3 Å². The van der Waals surface area contributed by atoms with E-state index in [0.717, 1.165) is 27.8 Å². The quantitative estimate of drug-likeness (QED) is 0.606. The summed E-state index contributed by atoms with van der Waals surface area (Å²) in [4.78, 5) is 22.9. The number of benzene rings is 1. The van der Waals surface area contributed by atoms with Crippen LogP contribution in [0.15, 0.2) is 48.0 Å². The highest BCUT2D eigenvalue weighted by Crippen LogP contribution is 2.18. The predicted octanol–water partition coefficient (Wildman–Crippen LogP) is 3.70. The van der Waals surface area contributed by atoms with E-state index in [1.807, 2.05) is 48.6 Å². The number of pyridine rings is 1. The van der Waals surface area contributed by atoms with Crippen molar-refractivity contribution in [3.05, 3.63) is 69.3 Å². The number of nitrogens with one attached hydrogen (secondary N) is 1. The standard InChI is InChI=1S/C20H21ClN4O2S/c1-25(2)18-9-14(7-8-22-18)11-23-19(26)10-16-13-28-20(24-16)12-27-17-5-3-15(21)4-6-17/h3-9,13H,10-12H2,1-2H3,(H,23,26). The van der Waals surface area contributed by atoms with Gasteiger partial charge in [-0.15, -0.1) is 11.3 Å². The summed E-state index contributed by atoms with van der Waals surface area (Å²) in [6, 6.07) is 11.0. The lowest BCUT2D eigenvalue weighted by atomic mass is 10.2. The highest BCUT2D eigenvalue weighted by molar-refractivity contribution is 7.09. The average molecular weight is 417 g/mol. The summed E-state index contributed by atoms with van der Waals surface area (Å²) in [7, 11) is 3.86. The minimum atomic E-state index is -0.0707. The molecule has 3 rings (SSSR count). The zero-order valence-electron chi connectivity index (χ0n) is 15.7. The van der Waals surface area contributed by atoms with Gasteiger partial charge in [-0.05, 0) is 42.0 Å². The molecule has 0 saturated heterocycles. The average Bonchev–Trinajstić information content (AvgIpc) is 3.13. The molecule has 28 heavy (non-hydrogen) atoms. The molecule has 0 aliphatic carbocycles. The summed E-state index contributed by atoms with van der Waals surface area (Å²) in [5.74, 6) is 1.52. The molecule has 8 heteroatoms. The highest BCUT2D eigenvalue weighted by Gasteiger charge is 2.09. The lowest BCUT2D eigenvalue weighted by Crippen LogP contribution is -2.25. The van der Waals surface area contributed by atoms with Crippen LogP contribution in [0.25, 0.3) is 0 Å². The first-order valence-electron chi connectivity index (χ1n) is 8.70. The molecular weight excluding hydrogens is 396 g/mol. The Kier molecular flexibility index (Phi) is 6.84. The number of anilines is 1. The van der Waals surface area contributed by atoms with Crippen LogP contribution in [0.4, 0.5) is 5.82 Å². The maximum absolute atomic E-state index is 12.2. The summed E-state index contributed by atoms with van der Waals surface area (Å²) in [5.41, 5.74) is 1.74. The fourth-order valence-electron chi connectivity index (χ4n) is 2.42. The molecule has 0 radical (unpaired) electrons. The summed E-state index contributed by atoms with van der Waals surface area (Å²) in [6.07, 6.45) is 1.98. The Balaban J connectivity index is 1.47. The Labute approximate surface area is 173 Å². The van der Waals surface area contributed by atoms with Gasteiger partial charge in [0.1, 0.15) is 23.2 Å². The van der Waals surface area contributed by atoms with Crippen LogP contribution in [0.1, 0.15) is 16.3 Å². The van der Waals surface area contributed by atoms with Crippen molar-refractivity contribution >= 4 is 34.7 Å². The van der Waals surface area contributed by atoms with Gasteiger partial charge in [0.05, 0.1) is 12.1 Å². The van der Waals surface area contributed by atoms with E-state index in [1.165, 1.54) is 11.3 Å². The van der Waals surface area contributed by atoms with Gasteiger partial charge in [-0.3, -0.25) is 4.79 Å². The lowest BCUT2D eigenvalue weighted by Gasteiger charge is -2.12. The predicted molar refractivity (Wildman–Crippen MR) is 112 cm³/mol. The lowest BCUT2D eigenvalue weighted by molar-refractivity contribution is -0.120. The molecular formula is C20H21ClN4O2S. The molecule has 1 amide bonds. The highest BCUT2D eigenvalue weighted by atomic mass is 35.5. The summed E-state index contributed by atoms with van der Waals surface area (Å²) in [6.45, 7) is 0.817. The van der Waals surface area contributed by atoms with E-state index in [1.54, 1.807) is 18.3 Å². The molecule has 0 fully saturated rings. The monoisotopic (exact) mass is 416 g/mol. The van der Waals surface area contributed by atoms with Gasteiger partial charge in [0.25, 0.3) is 0 Å². The molecule has 0 spiro atoms. The molecule has 0 aliphatic heterocycles. The largest absolute Gasteiger partial charge is 0.486 e. The number of amides is 1. The fraction of sp³-hybridized carbons (Fsp3) is 0.250. The number of carbonyl (C=O) groups is 1. The smallest absolute Gasteiger partial charge is 0.226 e. The second-order valence-corrected chi connectivity index (χ2v) is 7.72. The van der Waals surface area contributed by atoms with E-state index in [2.05, 4.69) is 15.3 Å². The van der Waals surface area contributed by atoms with Crippen LogP contribution < -0.4 is 15.0 Å². The van der Waals surface area contributed by atoms with Gasteiger partial charge in [-0.25, -0.2) is 9.97 Å². The van der Waals surface area contributed by atoms with Crippen molar-refractivity contribution in [3.8, 4) is 5.75 Å². The Hall–Kier alpha value is -2.64. The molecule has 6 nitrogen and oxygen atoms in total. The van der Waals surface area contributed by atoms with Gasteiger partial charge in [-0.1, -0.05) is 11.6 Å². The molecule has 3 aromatic rings. The third-order valence-corrected chi connectivity index (χ3v) is 5.00. The number of halogens is 1. The third-order valence-electron chi connectivity index (χ3n) is 3.87. The Morgan fingerprint density at radius 2 is 2.04 bits per heavy atom. The van der Waals surface area contributed by atoms with Crippen molar-refractivity contribution in [1.29, 1.82) is 0 Å². The SMILES string of the molecule is CN(C)c1cc(CNC(=O)Cc2csc(COc3ccc(Cl)cc3)n2)ccn1. The van der Waals surface area contributed by atoms with Crippen molar-refractivity contribution in [3.63, 3.8) is 0 Å². The minimum absolute atomic E-state index is 0.0707. The number of nitrogens with zero attached hydrogens (tertiary/aromatic N) is 3. The van der Waals surface area contributed by atoms with Gasteiger partial charge in [0, 0.05) is 37.2 Å². The van der Waals surface area contributed by atoms with Gasteiger partial charge in [0.2, 0.25) is 5.91 Å². The molecule has 146 valence electrons. The first kappa shape index (κ1) is 20.1. The van der Waals surface area contributed by atoms with Crippen molar-refractivity contribution in [2.75, 3.05) is 19.0 Å². The Bertz CT molecular complexity index is 928. The van der Waals surface area contributed by atoms with Crippen molar-refractivity contribution in [2.24, 2.45) is 0 Å². The molecule has 0 atom stereocenters. The number of hydrogen-bond donors (Lipinski definition) is 1. The molecule has 0 saturated carbocycles. The minimum Gasteiger partial charge on any atom is -0.486 e. The number of thiazole rings is 1. The molecule has 1 N–H and O–H groups in total. The van der Waals surface area contributed by atoms with Crippen LogP contribution in [0.3, 0.4) is 0 Å². The number of hydrogen-bond acceptors (Lipinski definition) is 6. The van der Waals surface area contributed by atoms with Gasteiger partial charge in [0.15, 0.2) is 0 Å². The van der Waals surface area contributed by atoms with E-state index < -0.39 is 0 Å². The van der Waals surface area contributed by atoms with Gasteiger partial charge >= 0.3 is 0 Å². The summed E-state index contributed by atoms with van der Waals surface area (Å²) in [5, 5.41) is 6.30. The van der Waals surface area contributed by atoms with E-state index in [-0.39, 0.29) is 12.3 Å². The van der Waals surface area contributed by atoms with Crippen molar-refractivity contribution < 1.29 is 9.53 Å². The van der Waals surface area contributed by atoms with E-state index in [4.69, 9.17) is 16.3 Å². The zero-order valence-corrected chi connectivity index (χ0v) is 17.3. The van der Waals surface area contributed by atoms with Gasteiger partial charge in [-0.2, -0.15) is 0 Å². The fourth-order valence-corrected chi connectivity index (χ4v) is 3.25. The van der Waals surface area contributed by atoms with Gasteiger partial charge < -0.3 is 15.0 Å². The number of carbonyl (C=O) groups excluding carboxylic acids is 1. The molecule has 2 aromatic heterocycles. The second kappa shape index (κ2) is 9.52. The van der Waals surface area contributed by atoms with E-state index in [0.29, 0.717) is 18.2 Å². The maximum Gasteiger partial charge on any atom is 0.226 e.